The molecular weight excluding hydrogens is 326 g/mol. The third-order valence-corrected chi connectivity index (χ3v) is 3.95. The van der Waals surface area contributed by atoms with Gasteiger partial charge in [0, 0.05) is 11.3 Å². The molecule has 0 aromatic rings. The molecule has 0 bridgehead atoms. The maximum atomic E-state index is 11.1. The summed E-state index contributed by atoms with van der Waals surface area (Å²) < 4.78 is 0. The van der Waals surface area contributed by atoms with Crippen LogP contribution in [-0.4, -0.2) is 17.3 Å². The van der Waals surface area contributed by atoms with E-state index in [1.807, 2.05) is 18.2 Å². The van der Waals surface area contributed by atoms with Gasteiger partial charge < -0.3 is 4.79 Å². The van der Waals surface area contributed by atoms with Crippen molar-refractivity contribution in [3.8, 4) is 0 Å². The normalized spacial score (nSPS) is 13.4. The van der Waals surface area contributed by atoms with Crippen molar-refractivity contribution in [1.29, 1.82) is 0 Å². The van der Waals surface area contributed by atoms with Crippen molar-refractivity contribution in [2.75, 3.05) is 0 Å². The second-order valence-corrected chi connectivity index (χ2v) is 6.35. The van der Waals surface area contributed by atoms with Crippen LogP contribution >= 0.6 is 0 Å². The summed E-state index contributed by atoms with van der Waals surface area (Å²) in [6.07, 6.45) is 27.3. The molecule has 0 aromatic heterocycles. The molecule has 146 valence electrons. The first-order valence-electron chi connectivity index (χ1n) is 9.92. The summed E-state index contributed by atoms with van der Waals surface area (Å²) in [6.45, 7) is 2.21. The van der Waals surface area contributed by atoms with Crippen molar-refractivity contribution in [3.63, 3.8) is 0 Å². The van der Waals surface area contributed by atoms with Gasteiger partial charge in [-0.15, -0.1) is 0 Å². The largest absolute Gasteiger partial charge is 0.303 e. The van der Waals surface area contributed by atoms with Crippen molar-refractivity contribution in [1.82, 2.24) is 0 Å². The van der Waals surface area contributed by atoms with E-state index < -0.39 is 6.04 Å². The first-order chi connectivity index (χ1) is 12.7. The maximum absolute atomic E-state index is 11.1. The second-order valence-electron chi connectivity index (χ2n) is 6.35. The molecule has 0 heterocycles. The molecular formula is C22H35NO3. The van der Waals surface area contributed by atoms with Gasteiger partial charge in [0.2, 0.25) is 6.04 Å². The van der Waals surface area contributed by atoms with E-state index >= 15 is 0 Å². The Balaban J connectivity index is 3.94. The molecule has 0 amide bonds. The van der Waals surface area contributed by atoms with E-state index in [1.54, 1.807) is 12.2 Å². The van der Waals surface area contributed by atoms with Crippen LogP contribution in [-0.2, 0) is 4.79 Å². The first-order valence-corrected chi connectivity index (χ1v) is 9.92. The minimum atomic E-state index is -0.753. The monoisotopic (exact) mass is 361 g/mol. The summed E-state index contributed by atoms with van der Waals surface area (Å²) in [5.41, 5.74) is 0. The molecule has 4 nitrogen and oxygen atoms in total. The molecule has 1 atom stereocenters. The summed E-state index contributed by atoms with van der Waals surface area (Å²) in [7, 11) is 0. The molecule has 0 N–H and O–H groups in total. The smallest absolute Gasteiger partial charge is 0.249 e. The number of carbonyl (C=O) groups excluding carboxylic acids is 1. The number of nitro groups is 1. The molecule has 0 saturated heterocycles. The van der Waals surface area contributed by atoms with E-state index in [2.05, 4.69) is 25.2 Å². The lowest BCUT2D eigenvalue weighted by molar-refractivity contribution is -0.496. The van der Waals surface area contributed by atoms with Gasteiger partial charge >= 0.3 is 0 Å². The van der Waals surface area contributed by atoms with E-state index in [9.17, 15) is 14.9 Å². The summed E-state index contributed by atoms with van der Waals surface area (Å²) >= 11 is 0. The number of hydrogen-bond acceptors (Lipinski definition) is 3. The summed E-state index contributed by atoms with van der Waals surface area (Å²) in [5.74, 6) is 0. The van der Waals surface area contributed by atoms with Crippen molar-refractivity contribution < 1.29 is 9.72 Å². The van der Waals surface area contributed by atoms with Crippen LogP contribution < -0.4 is 0 Å². The number of aldehydes is 1. The molecule has 0 saturated carbocycles. The fourth-order valence-corrected chi connectivity index (χ4v) is 2.40. The van der Waals surface area contributed by atoms with E-state index in [0.717, 1.165) is 44.8 Å². The zero-order chi connectivity index (χ0) is 19.3. The summed E-state index contributed by atoms with van der Waals surface area (Å²) in [4.78, 5) is 21.0. The quantitative estimate of drug-likeness (QED) is 0.0994. The third kappa shape index (κ3) is 16.9. The third-order valence-electron chi connectivity index (χ3n) is 3.95. The lowest BCUT2D eigenvalue weighted by Crippen LogP contribution is -2.13. The zero-order valence-electron chi connectivity index (χ0n) is 16.2. The van der Waals surface area contributed by atoms with Gasteiger partial charge in [0.05, 0.1) is 0 Å². The predicted octanol–water partition coefficient (Wildman–Crippen LogP) is 6.37. The highest BCUT2D eigenvalue weighted by molar-refractivity contribution is 5.48. The van der Waals surface area contributed by atoms with Crippen molar-refractivity contribution in [2.45, 2.75) is 83.6 Å². The highest BCUT2D eigenvalue weighted by Crippen LogP contribution is 2.05. The van der Waals surface area contributed by atoms with Crippen LogP contribution in [0.5, 0.6) is 0 Å². The molecule has 0 fully saturated rings. The Hall–Kier alpha value is -1.97. The molecule has 1 unspecified atom stereocenters. The Morgan fingerprint density at radius 1 is 0.769 bits per heavy atom. The molecule has 0 rings (SSSR count). The van der Waals surface area contributed by atoms with Crippen LogP contribution in [0.2, 0.25) is 0 Å². The van der Waals surface area contributed by atoms with E-state index in [-0.39, 0.29) is 4.92 Å². The number of carbonyl (C=O) groups is 1. The fraction of sp³-hybridized carbons (Fsp3) is 0.591. The first kappa shape index (κ1) is 24.0. The Labute approximate surface area is 158 Å². The topological polar surface area (TPSA) is 60.2 Å². The predicted molar refractivity (Wildman–Crippen MR) is 110 cm³/mol. The van der Waals surface area contributed by atoms with E-state index in [0.29, 0.717) is 12.8 Å². The standard InChI is InChI=1S/C22H35NO3/c1-2-3-4-5-6-7-8-9-10-13-16-19-22(23(25)26)20-17-14-11-12-15-18-21-24/h6-7,9-10,16-17,19-22H,2-5,8,11-15,18H2,1H3/b7-6-,10-9-,19-16+,20-17-. The van der Waals surface area contributed by atoms with Crippen molar-refractivity contribution >= 4 is 6.29 Å². The highest BCUT2D eigenvalue weighted by Gasteiger charge is 2.09. The van der Waals surface area contributed by atoms with Gasteiger partial charge in [-0.2, -0.15) is 0 Å². The molecule has 0 aromatic carbocycles. The summed E-state index contributed by atoms with van der Waals surface area (Å²) in [6, 6.07) is -0.753. The Morgan fingerprint density at radius 3 is 2.04 bits per heavy atom. The van der Waals surface area contributed by atoms with Crippen LogP contribution in [0.15, 0.2) is 48.6 Å². The second kappa shape index (κ2) is 19.4. The van der Waals surface area contributed by atoms with Gasteiger partial charge in [-0.1, -0.05) is 62.6 Å². The molecule has 0 aliphatic carbocycles. The maximum Gasteiger partial charge on any atom is 0.249 e. The molecule has 4 heteroatoms. The molecule has 0 aliphatic rings. The van der Waals surface area contributed by atoms with Crippen LogP contribution in [0.3, 0.4) is 0 Å². The van der Waals surface area contributed by atoms with Gasteiger partial charge in [0.25, 0.3) is 0 Å². The number of hydrogen-bond donors (Lipinski definition) is 0. The Kier molecular flexibility index (Phi) is 17.9. The van der Waals surface area contributed by atoms with Crippen LogP contribution in [0.25, 0.3) is 0 Å². The Bertz CT molecular complexity index is 464. The minimum absolute atomic E-state index is 0.276. The van der Waals surface area contributed by atoms with Crippen LogP contribution in [0, 0.1) is 10.1 Å². The molecule has 0 spiro atoms. The fourth-order valence-electron chi connectivity index (χ4n) is 2.40. The van der Waals surface area contributed by atoms with Crippen LogP contribution in [0.4, 0.5) is 0 Å². The SMILES string of the molecule is CCCCC/C=C\C/C=C\C/C=C/C(/C=C\CCCCCC=O)[N+](=O)[O-]. The average Bonchev–Trinajstić information content (AvgIpc) is 2.63. The molecule has 0 radical (unpaired) electrons. The average molecular weight is 362 g/mol. The Morgan fingerprint density at radius 2 is 1.35 bits per heavy atom. The lowest BCUT2D eigenvalue weighted by Gasteiger charge is -1.98. The van der Waals surface area contributed by atoms with Gasteiger partial charge in [0.1, 0.15) is 6.29 Å². The van der Waals surface area contributed by atoms with E-state index in [1.165, 1.54) is 19.3 Å². The van der Waals surface area contributed by atoms with Crippen molar-refractivity contribution in [2.24, 2.45) is 0 Å². The zero-order valence-corrected chi connectivity index (χ0v) is 16.2. The lowest BCUT2D eigenvalue weighted by atomic mass is 10.1. The number of nitrogens with zero attached hydrogens (tertiary/aromatic N) is 1. The van der Waals surface area contributed by atoms with Crippen molar-refractivity contribution in [3.05, 3.63) is 58.7 Å². The number of rotatable bonds is 17. The highest BCUT2D eigenvalue weighted by atomic mass is 16.6. The van der Waals surface area contributed by atoms with Gasteiger partial charge in [-0.25, -0.2) is 0 Å². The minimum Gasteiger partial charge on any atom is -0.303 e. The van der Waals surface area contributed by atoms with E-state index in [4.69, 9.17) is 0 Å². The van der Waals surface area contributed by atoms with Gasteiger partial charge in [-0.05, 0) is 57.1 Å². The van der Waals surface area contributed by atoms with Gasteiger partial charge in [0.15, 0.2) is 0 Å². The molecule has 0 aliphatic heterocycles. The number of unbranched alkanes of at least 4 members (excludes halogenated alkanes) is 7. The van der Waals surface area contributed by atoms with Gasteiger partial charge in [-0.3, -0.25) is 10.1 Å². The number of allylic oxidation sites excluding steroid dienone is 6. The van der Waals surface area contributed by atoms with Crippen LogP contribution in [0.1, 0.15) is 77.6 Å². The summed E-state index contributed by atoms with van der Waals surface area (Å²) in [5, 5.41) is 11.1. The molecule has 26 heavy (non-hydrogen) atoms.